The Morgan fingerprint density at radius 3 is 1.64 bits per heavy atom. The standard InChI is InChI=1S/C8H19NO.Zr/c1-5-8(10,6-2)7-9(3)4;/h10H,5-7H2,1-4H3;. The molecule has 0 unspecified atom stereocenters. The molecule has 1 N–H and O–H groups in total. The smallest absolute Gasteiger partial charge is 0.0768 e. The first kappa shape index (κ1) is 14.3. The molecule has 0 radical (unpaired) electrons. The first-order valence-corrected chi connectivity index (χ1v) is 3.91. The van der Waals surface area contributed by atoms with Crippen molar-refractivity contribution in [3.63, 3.8) is 0 Å². The summed E-state index contributed by atoms with van der Waals surface area (Å²) in [6.07, 6.45) is 1.67. The van der Waals surface area contributed by atoms with Gasteiger partial charge in [0.1, 0.15) is 0 Å². The second-order valence-electron chi connectivity index (χ2n) is 3.17. The molecule has 0 aromatic rings. The van der Waals surface area contributed by atoms with E-state index in [1.165, 1.54) is 0 Å². The van der Waals surface area contributed by atoms with Gasteiger partial charge in [-0.15, -0.1) is 0 Å². The molecule has 0 spiro atoms. The van der Waals surface area contributed by atoms with Crippen LogP contribution in [0.4, 0.5) is 0 Å². The van der Waals surface area contributed by atoms with Crippen molar-refractivity contribution in [3.8, 4) is 0 Å². The van der Waals surface area contributed by atoms with Crippen LogP contribution in [0.15, 0.2) is 0 Å². The van der Waals surface area contributed by atoms with Gasteiger partial charge in [0, 0.05) is 32.7 Å². The molecule has 0 amide bonds. The SMILES string of the molecule is CCC(O)(CC)CN(C)C.[Zr]. The molecule has 0 aliphatic carbocycles. The zero-order valence-corrected chi connectivity index (χ0v) is 10.5. The first-order valence-electron chi connectivity index (χ1n) is 3.91. The van der Waals surface area contributed by atoms with E-state index in [9.17, 15) is 5.11 Å². The van der Waals surface area contributed by atoms with Gasteiger partial charge in [-0.3, -0.25) is 0 Å². The summed E-state index contributed by atoms with van der Waals surface area (Å²) in [5.41, 5.74) is -0.469. The Balaban J connectivity index is 0. The molecule has 0 rings (SSSR count). The third kappa shape index (κ3) is 6.01. The Hall–Kier alpha value is 0.803. The number of hydrogen-bond acceptors (Lipinski definition) is 2. The fourth-order valence-electron chi connectivity index (χ4n) is 1.06. The van der Waals surface area contributed by atoms with Gasteiger partial charge in [0.25, 0.3) is 0 Å². The summed E-state index contributed by atoms with van der Waals surface area (Å²) >= 11 is 0. The van der Waals surface area contributed by atoms with Crippen LogP contribution >= 0.6 is 0 Å². The summed E-state index contributed by atoms with van der Waals surface area (Å²) in [6, 6.07) is 0. The minimum Gasteiger partial charge on any atom is -0.389 e. The number of hydrogen-bond donors (Lipinski definition) is 1. The van der Waals surface area contributed by atoms with Gasteiger partial charge in [-0.25, -0.2) is 0 Å². The fourth-order valence-corrected chi connectivity index (χ4v) is 1.06. The van der Waals surface area contributed by atoms with Crippen LogP contribution < -0.4 is 0 Å². The molecule has 3 heteroatoms. The molecule has 0 atom stereocenters. The van der Waals surface area contributed by atoms with Crippen LogP contribution in [0, 0.1) is 0 Å². The van der Waals surface area contributed by atoms with Crippen LogP contribution in [0.5, 0.6) is 0 Å². The number of likely N-dealkylation sites (N-methyl/N-ethyl adjacent to an activating group) is 1. The number of aliphatic hydroxyl groups is 1. The Kier molecular flexibility index (Phi) is 8.25. The molecule has 0 saturated carbocycles. The Morgan fingerprint density at radius 2 is 1.55 bits per heavy atom. The zero-order valence-electron chi connectivity index (χ0n) is 8.02. The molecular formula is C8H19NOZr. The van der Waals surface area contributed by atoms with E-state index < -0.39 is 5.60 Å². The Morgan fingerprint density at radius 1 is 1.18 bits per heavy atom. The van der Waals surface area contributed by atoms with Gasteiger partial charge < -0.3 is 10.0 Å². The van der Waals surface area contributed by atoms with Crippen molar-refractivity contribution in [1.82, 2.24) is 4.90 Å². The van der Waals surface area contributed by atoms with E-state index in [0.717, 1.165) is 19.4 Å². The molecule has 0 saturated heterocycles. The van der Waals surface area contributed by atoms with Crippen molar-refractivity contribution in [2.45, 2.75) is 32.3 Å². The maximum absolute atomic E-state index is 9.76. The number of nitrogens with zero attached hydrogens (tertiary/aromatic N) is 1. The van der Waals surface area contributed by atoms with Crippen LogP contribution in [0.1, 0.15) is 26.7 Å². The van der Waals surface area contributed by atoms with E-state index in [4.69, 9.17) is 0 Å². The summed E-state index contributed by atoms with van der Waals surface area (Å²) in [5, 5.41) is 9.76. The maximum Gasteiger partial charge on any atom is 0.0768 e. The Bertz CT molecular complexity index is 92.1. The van der Waals surface area contributed by atoms with Crippen LogP contribution in [0.25, 0.3) is 0 Å². The molecule has 0 aromatic carbocycles. The summed E-state index contributed by atoms with van der Waals surface area (Å²) in [4.78, 5) is 2.02. The predicted octanol–water partition coefficient (Wildman–Crippen LogP) is 1.10. The Labute approximate surface area is 89.1 Å². The average molecular weight is 236 g/mol. The topological polar surface area (TPSA) is 23.5 Å². The predicted molar refractivity (Wildman–Crippen MR) is 44.1 cm³/mol. The summed E-state index contributed by atoms with van der Waals surface area (Å²) in [7, 11) is 3.96. The largest absolute Gasteiger partial charge is 0.389 e. The zero-order chi connectivity index (χ0) is 8.20. The van der Waals surface area contributed by atoms with Crippen molar-refractivity contribution >= 4 is 0 Å². The van der Waals surface area contributed by atoms with E-state index in [0.29, 0.717) is 0 Å². The molecule has 66 valence electrons. The monoisotopic (exact) mass is 235 g/mol. The normalized spacial score (nSPS) is 11.5. The van der Waals surface area contributed by atoms with E-state index in [2.05, 4.69) is 0 Å². The fraction of sp³-hybridized carbons (Fsp3) is 1.00. The van der Waals surface area contributed by atoms with Crippen molar-refractivity contribution in [1.29, 1.82) is 0 Å². The van der Waals surface area contributed by atoms with Crippen LogP contribution in [-0.2, 0) is 26.2 Å². The molecule has 0 aliphatic rings. The molecule has 0 bridgehead atoms. The minimum absolute atomic E-state index is 0. The van der Waals surface area contributed by atoms with E-state index in [1.807, 2.05) is 32.8 Å². The van der Waals surface area contributed by atoms with E-state index in [1.54, 1.807) is 0 Å². The maximum atomic E-state index is 9.76. The van der Waals surface area contributed by atoms with Crippen molar-refractivity contribution in [2.75, 3.05) is 20.6 Å². The van der Waals surface area contributed by atoms with Gasteiger partial charge in [0.2, 0.25) is 0 Å². The van der Waals surface area contributed by atoms with Crippen LogP contribution in [0.2, 0.25) is 0 Å². The third-order valence-corrected chi connectivity index (χ3v) is 1.93. The average Bonchev–Trinajstić information content (AvgIpc) is 1.87. The van der Waals surface area contributed by atoms with Gasteiger partial charge in [-0.05, 0) is 26.9 Å². The van der Waals surface area contributed by atoms with Gasteiger partial charge >= 0.3 is 0 Å². The van der Waals surface area contributed by atoms with Crippen molar-refractivity contribution in [2.24, 2.45) is 0 Å². The molecule has 0 heterocycles. The second kappa shape index (κ2) is 6.33. The van der Waals surface area contributed by atoms with E-state index in [-0.39, 0.29) is 26.2 Å². The summed E-state index contributed by atoms with van der Waals surface area (Å²) in [6.45, 7) is 4.81. The van der Waals surface area contributed by atoms with Gasteiger partial charge in [0.15, 0.2) is 0 Å². The van der Waals surface area contributed by atoms with Crippen molar-refractivity contribution in [3.05, 3.63) is 0 Å². The first-order chi connectivity index (χ1) is 4.54. The molecule has 2 nitrogen and oxygen atoms in total. The van der Waals surface area contributed by atoms with E-state index >= 15 is 0 Å². The van der Waals surface area contributed by atoms with Crippen LogP contribution in [-0.4, -0.2) is 36.2 Å². The summed E-state index contributed by atoms with van der Waals surface area (Å²) < 4.78 is 0. The number of rotatable bonds is 4. The van der Waals surface area contributed by atoms with Gasteiger partial charge in [-0.1, -0.05) is 13.8 Å². The van der Waals surface area contributed by atoms with Crippen LogP contribution in [0.3, 0.4) is 0 Å². The summed E-state index contributed by atoms with van der Waals surface area (Å²) in [5.74, 6) is 0. The van der Waals surface area contributed by atoms with Gasteiger partial charge in [0.05, 0.1) is 5.60 Å². The third-order valence-electron chi connectivity index (χ3n) is 1.93. The molecular weight excluding hydrogens is 217 g/mol. The molecule has 11 heavy (non-hydrogen) atoms. The minimum atomic E-state index is -0.469. The molecule has 0 aromatic heterocycles. The quantitative estimate of drug-likeness (QED) is 0.790. The molecule has 0 aliphatic heterocycles. The second-order valence-corrected chi connectivity index (χ2v) is 3.17. The van der Waals surface area contributed by atoms with Gasteiger partial charge in [-0.2, -0.15) is 0 Å². The molecule has 0 fully saturated rings. The van der Waals surface area contributed by atoms with Crippen molar-refractivity contribution < 1.29 is 31.3 Å².